The summed E-state index contributed by atoms with van der Waals surface area (Å²) in [6, 6.07) is 0. The molecule has 0 aromatic carbocycles. The quantitative estimate of drug-likeness (QED) is 0.708. The Morgan fingerprint density at radius 1 is 1.50 bits per heavy atom. The van der Waals surface area contributed by atoms with E-state index in [-0.39, 0.29) is 10.7 Å². The van der Waals surface area contributed by atoms with Crippen molar-refractivity contribution in [2.24, 2.45) is 10.8 Å². The number of carbonyl (C=O) groups is 1. The molecular formula is C8H9Br2ClO. The maximum Gasteiger partial charge on any atom is 0.232 e. The van der Waals surface area contributed by atoms with Gasteiger partial charge in [-0.1, -0.05) is 13.8 Å². The van der Waals surface area contributed by atoms with Crippen molar-refractivity contribution in [1.82, 2.24) is 0 Å². The number of hydrogen-bond donors (Lipinski definition) is 0. The molecule has 68 valence electrons. The SMILES string of the molecule is CC1(C)C[C@]1(C=C(Br)Br)C(=O)Cl. The predicted molar refractivity (Wildman–Crippen MR) is 57.6 cm³/mol. The first kappa shape index (κ1) is 10.7. The van der Waals surface area contributed by atoms with E-state index in [1.165, 1.54) is 0 Å². The smallest absolute Gasteiger partial charge is 0.232 e. The van der Waals surface area contributed by atoms with Crippen molar-refractivity contribution in [3.8, 4) is 0 Å². The summed E-state index contributed by atoms with van der Waals surface area (Å²) in [6.07, 6.45) is 2.66. The van der Waals surface area contributed by atoms with Gasteiger partial charge in [-0.15, -0.1) is 0 Å². The lowest BCUT2D eigenvalue weighted by atomic mass is 9.98. The highest BCUT2D eigenvalue weighted by atomic mass is 79.9. The van der Waals surface area contributed by atoms with Crippen molar-refractivity contribution in [3.63, 3.8) is 0 Å². The Kier molecular flexibility index (Phi) is 2.78. The second kappa shape index (κ2) is 3.10. The van der Waals surface area contributed by atoms with Crippen LogP contribution >= 0.6 is 43.5 Å². The summed E-state index contributed by atoms with van der Waals surface area (Å²) >= 11 is 12.0. The molecule has 12 heavy (non-hydrogen) atoms. The highest BCUT2D eigenvalue weighted by Crippen LogP contribution is 2.66. The van der Waals surface area contributed by atoms with Crippen molar-refractivity contribution in [1.29, 1.82) is 0 Å². The second-order valence-corrected chi connectivity index (χ2v) is 6.86. The van der Waals surface area contributed by atoms with E-state index in [1.807, 2.05) is 19.9 Å². The lowest BCUT2D eigenvalue weighted by Gasteiger charge is -2.10. The fourth-order valence-electron chi connectivity index (χ4n) is 1.48. The van der Waals surface area contributed by atoms with E-state index < -0.39 is 5.41 Å². The van der Waals surface area contributed by atoms with Crippen LogP contribution in [0.3, 0.4) is 0 Å². The Hall–Kier alpha value is 0.660. The van der Waals surface area contributed by atoms with E-state index in [9.17, 15) is 4.79 Å². The zero-order valence-electron chi connectivity index (χ0n) is 6.83. The number of carbonyl (C=O) groups excluding carboxylic acids is 1. The summed E-state index contributed by atoms with van der Waals surface area (Å²) in [7, 11) is 0. The average Bonchev–Trinajstić information content (AvgIpc) is 2.33. The number of hydrogen-bond acceptors (Lipinski definition) is 1. The summed E-state index contributed by atoms with van der Waals surface area (Å²) in [5, 5.41) is -0.274. The van der Waals surface area contributed by atoms with Gasteiger partial charge < -0.3 is 0 Å². The summed E-state index contributed by atoms with van der Waals surface area (Å²) in [4.78, 5) is 11.2. The van der Waals surface area contributed by atoms with Gasteiger partial charge in [0.2, 0.25) is 5.24 Å². The van der Waals surface area contributed by atoms with Crippen LogP contribution in [0.15, 0.2) is 9.47 Å². The first-order valence-corrected chi connectivity index (χ1v) is 5.52. The van der Waals surface area contributed by atoms with E-state index in [0.717, 1.165) is 9.81 Å². The van der Waals surface area contributed by atoms with E-state index >= 15 is 0 Å². The molecule has 1 rings (SSSR count). The largest absolute Gasteiger partial charge is 0.280 e. The minimum absolute atomic E-state index is 0.00137. The Morgan fingerprint density at radius 2 is 1.92 bits per heavy atom. The minimum atomic E-state index is -0.461. The van der Waals surface area contributed by atoms with Crippen molar-refractivity contribution in [2.45, 2.75) is 20.3 Å². The Morgan fingerprint density at radius 3 is 2.00 bits per heavy atom. The maximum atomic E-state index is 11.2. The number of halogens is 3. The number of allylic oxidation sites excluding steroid dienone is 1. The topological polar surface area (TPSA) is 17.1 Å². The summed E-state index contributed by atoms with van der Waals surface area (Å²) in [6.45, 7) is 4.07. The Bertz CT molecular complexity index is 256. The highest BCUT2D eigenvalue weighted by molar-refractivity contribution is 9.28. The monoisotopic (exact) mass is 314 g/mol. The van der Waals surface area contributed by atoms with Crippen LogP contribution in [0.5, 0.6) is 0 Å². The van der Waals surface area contributed by atoms with Gasteiger partial charge in [-0.3, -0.25) is 4.79 Å². The van der Waals surface area contributed by atoms with Crippen LogP contribution in [0.1, 0.15) is 20.3 Å². The Balaban J connectivity index is 2.95. The molecule has 0 amide bonds. The van der Waals surface area contributed by atoms with Crippen molar-refractivity contribution < 1.29 is 4.79 Å². The molecule has 1 saturated carbocycles. The normalized spacial score (nSPS) is 31.1. The Labute approximate surface area is 93.8 Å². The predicted octanol–water partition coefficient (Wildman–Crippen LogP) is 3.80. The molecule has 0 N–H and O–H groups in total. The van der Waals surface area contributed by atoms with E-state index in [4.69, 9.17) is 11.6 Å². The van der Waals surface area contributed by atoms with Crippen LogP contribution in [0.25, 0.3) is 0 Å². The summed E-state index contributed by atoms with van der Waals surface area (Å²) in [5.74, 6) is 0. The molecule has 0 radical (unpaired) electrons. The molecule has 1 aliphatic carbocycles. The van der Waals surface area contributed by atoms with Gasteiger partial charge in [-0.25, -0.2) is 0 Å². The molecule has 1 nitrogen and oxygen atoms in total. The van der Waals surface area contributed by atoms with Gasteiger partial charge >= 0.3 is 0 Å². The minimum Gasteiger partial charge on any atom is -0.280 e. The molecule has 0 aromatic heterocycles. The third-order valence-corrected chi connectivity index (χ3v) is 3.30. The first-order valence-electron chi connectivity index (χ1n) is 3.56. The number of rotatable bonds is 2. The molecule has 0 saturated heterocycles. The second-order valence-electron chi connectivity index (χ2n) is 3.74. The van der Waals surface area contributed by atoms with E-state index in [2.05, 4.69) is 31.9 Å². The fourth-order valence-corrected chi connectivity index (χ4v) is 2.64. The van der Waals surface area contributed by atoms with E-state index in [0.29, 0.717) is 0 Å². The summed E-state index contributed by atoms with van der Waals surface area (Å²) < 4.78 is 0.787. The standard InChI is InChI=1S/C8H9Br2ClO/c1-7(2)4-8(7,6(11)12)3-5(9)10/h3H,4H2,1-2H3/t8-/m1/s1. The lowest BCUT2D eigenvalue weighted by molar-refractivity contribution is -0.115. The van der Waals surface area contributed by atoms with Gasteiger partial charge in [-0.2, -0.15) is 0 Å². The van der Waals surface area contributed by atoms with Gasteiger partial charge in [-0.05, 0) is 61.4 Å². The van der Waals surface area contributed by atoms with Crippen molar-refractivity contribution in [3.05, 3.63) is 9.47 Å². The van der Waals surface area contributed by atoms with Crippen molar-refractivity contribution >= 4 is 48.7 Å². The zero-order valence-corrected chi connectivity index (χ0v) is 10.8. The maximum absolute atomic E-state index is 11.2. The average molecular weight is 316 g/mol. The first-order chi connectivity index (χ1) is 5.32. The van der Waals surface area contributed by atoms with Crippen LogP contribution in [0.4, 0.5) is 0 Å². The van der Waals surface area contributed by atoms with Gasteiger partial charge in [0.25, 0.3) is 0 Å². The molecule has 0 aliphatic heterocycles. The lowest BCUT2D eigenvalue weighted by Crippen LogP contribution is -2.13. The van der Waals surface area contributed by atoms with Gasteiger partial charge in [0, 0.05) is 0 Å². The van der Waals surface area contributed by atoms with Crippen molar-refractivity contribution in [2.75, 3.05) is 0 Å². The van der Waals surface area contributed by atoms with Gasteiger partial charge in [0.1, 0.15) is 0 Å². The molecule has 1 fully saturated rings. The zero-order chi connectivity index (χ0) is 9.57. The molecule has 1 aliphatic rings. The molecule has 0 bridgehead atoms. The van der Waals surface area contributed by atoms with Crippen LogP contribution < -0.4 is 0 Å². The molecular weight excluding hydrogens is 307 g/mol. The molecule has 0 aromatic rings. The van der Waals surface area contributed by atoms with Gasteiger partial charge in [0.15, 0.2) is 0 Å². The van der Waals surface area contributed by atoms with E-state index in [1.54, 1.807) is 0 Å². The molecule has 4 heteroatoms. The third kappa shape index (κ3) is 1.64. The third-order valence-electron chi connectivity index (χ3n) is 2.51. The molecule has 1 atom stereocenters. The van der Waals surface area contributed by atoms with Crippen LogP contribution in [0.2, 0.25) is 0 Å². The van der Waals surface area contributed by atoms with Crippen LogP contribution in [-0.2, 0) is 4.79 Å². The van der Waals surface area contributed by atoms with Crippen LogP contribution in [0, 0.1) is 10.8 Å². The molecule has 0 unspecified atom stereocenters. The van der Waals surface area contributed by atoms with Gasteiger partial charge in [0.05, 0.1) is 8.81 Å². The molecule has 0 heterocycles. The van der Waals surface area contributed by atoms with Crippen LogP contribution in [-0.4, -0.2) is 5.24 Å². The fraction of sp³-hybridized carbons (Fsp3) is 0.625. The highest BCUT2D eigenvalue weighted by Gasteiger charge is 2.64. The summed E-state index contributed by atoms with van der Waals surface area (Å²) in [5.41, 5.74) is -0.463. The molecule has 0 spiro atoms.